The summed E-state index contributed by atoms with van der Waals surface area (Å²) in [6.07, 6.45) is 6.85. The van der Waals surface area contributed by atoms with Gasteiger partial charge in [0.05, 0.1) is 39.0 Å². The summed E-state index contributed by atoms with van der Waals surface area (Å²) in [5, 5.41) is 17.1. The molecule has 174 valence electrons. The highest BCUT2D eigenvalue weighted by atomic mass is 35.5. The molecule has 3 heterocycles. The maximum absolute atomic E-state index is 12.7. The highest BCUT2D eigenvalue weighted by Gasteiger charge is 2.33. The molecule has 2 aromatic heterocycles. The first-order valence-corrected chi connectivity index (χ1v) is 11.5. The monoisotopic (exact) mass is 499 g/mol. The van der Waals surface area contributed by atoms with E-state index in [1.54, 1.807) is 27.6 Å². The van der Waals surface area contributed by atoms with Gasteiger partial charge in [-0.25, -0.2) is 14.5 Å². The third-order valence-electron chi connectivity index (χ3n) is 6.16. The van der Waals surface area contributed by atoms with Gasteiger partial charge in [0.1, 0.15) is 5.69 Å². The molecular formula is C22H19Cl2N7O3. The number of benzene rings is 1. The number of halogens is 2. The van der Waals surface area contributed by atoms with Crippen LogP contribution in [0.5, 0.6) is 0 Å². The number of hydrogen-bond donors (Lipinski definition) is 2. The van der Waals surface area contributed by atoms with E-state index in [2.05, 4.69) is 15.8 Å². The highest BCUT2D eigenvalue weighted by molar-refractivity contribution is 6.38. The van der Waals surface area contributed by atoms with E-state index in [4.69, 9.17) is 28.5 Å². The predicted molar refractivity (Wildman–Crippen MR) is 126 cm³/mol. The van der Waals surface area contributed by atoms with Crippen molar-refractivity contribution < 1.29 is 9.59 Å². The molecule has 2 aliphatic rings. The summed E-state index contributed by atoms with van der Waals surface area (Å²) in [4.78, 5) is 36.7. The van der Waals surface area contributed by atoms with Gasteiger partial charge in [-0.15, -0.1) is 0 Å². The van der Waals surface area contributed by atoms with E-state index in [0.717, 1.165) is 30.7 Å². The molecule has 2 fully saturated rings. The Balaban J connectivity index is 1.57. The fourth-order valence-electron chi connectivity index (χ4n) is 4.58. The Labute approximate surface area is 203 Å². The normalized spacial score (nSPS) is 19.3. The Hall–Kier alpha value is -3.39. The third kappa shape index (κ3) is 3.72. The molecule has 34 heavy (non-hydrogen) atoms. The van der Waals surface area contributed by atoms with Gasteiger partial charge >= 0.3 is 6.03 Å². The van der Waals surface area contributed by atoms with E-state index >= 15 is 0 Å². The zero-order chi connectivity index (χ0) is 24.0. The van der Waals surface area contributed by atoms with Crippen molar-refractivity contribution >= 4 is 51.9 Å². The van der Waals surface area contributed by atoms with Crippen LogP contribution in [0.15, 0.2) is 35.3 Å². The molecule has 1 saturated carbocycles. The molecule has 12 heteroatoms. The second-order valence-electron chi connectivity index (χ2n) is 8.24. The standard InChI is InChI=1S/C22H19Cl2N7O3/c23-14-8-13(30-22(34)27-21(33)16(10-25)28-30)9-15(24)20(14)31-17-6-7-19(32)29(18(17)11-26-31)12-4-2-1-3-5-12/h6-9,11-12,16,28H,1-5H2,(H,27,33,34). The second kappa shape index (κ2) is 8.76. The fraction of sp³-hybridized carbons (Fsp3) is 0.318. The Bertz CT molecular complexity index is 1400. The van der Waals surface area contributed by atoms with E-state index in [0.29, 0.717) is 16.7 Å². The molecule has 0 bridgehead atoms. The lowest BCUT2D eigenvalue weighted by Gasteiger charge is -2.30. The van der Waals surface area contributed by atoms with Gasteiger partial charge in [0.2, 0.25) is 0 Å². The number of imide groups is 1. The van der Waals surface area contributed by atoms with Crippen LogP contribution in [-0.4, -0.2) is 32.3 Å². The number of rotatable bonds is 3. The summed E-state index contributed by atoms with van der Waals surface area (Å²) in [6.45, 7) is 0. The van der Waals surface area contributed by atoms with Gasteiger partial charge in [0.15, 0.2) is 6.04 Å². The number of fused-ring (bicyclic) bond motifs is 1. The molecule has 1 unspecified atom stereocenters. The Kier molecular flexibility index (Phi) is 5.77. The van der Waals surface area contributed by atoms with Crippen molar-refractivity contribution in [1.29, 1.82) is 5.26 Å². The van der Waals surface area contributed by atoms with Gasteiger partial charge in [-0.3, -0.25) is 14.9 Å². The van der Waals surface area contributed by atoms with Crippen molar-refractivity contribution in [2.24, 2.45) is 0 Å². The average molecular weight is 500 g/mol. The Morgan fingerprint density at radius 1 is 1.03 bits per heavy atom. The number of carbonyl (C=O) groups is 2. The van der Waals surface area contributed by atoms with E-state index < -0.39 is 18.0 Å². The molecule has 3 amide bonds. The third-order valence-corrected chi connectivity index (χ3v) is 6.74. The van der Waals surface area contributed by atoms with Gasteiger partial charge < -0.3 is 4.57 Å². The number of nitrogens with one attached hydrogen (secondary N) is 2. The van der Waals surface area contributed by atoms with E-state index in [9.17, 15) is 14.4 Å². The lowest BCUT2D eigenvalue weighted by molar-refractivity contribution is -0.121. The van der Waals surface area contributed by atoms with Crippen molar-refractivity contribution in [3.63, 3.8) is 0 Å². The number of hydrazine groups is 1. The van der Waals surface area contributed by atoms with Gasteiger partial charge in [0, 0.05) is 12.1 Å². The molecule has 10 nitrogen and oxygen atoms in total. The smallest absolute Gasteiger partial charge is 0.302 e. The van der Waals surface area contributed by atoms with Crippen LogP contribution in [0.25, 0.3) is 16.7 Å². The van der Waals surface area contributed by atoms with Gasteiger partial charge in [-0.1, -0.05) is 42.5 Å². The molecule has 1 atom stereocenters. The lowest BCUT2D eigenvalue weighted by atomic mass is 9.95. The Morgan fingerprint density at radius 2 is 1.74 bits per heavy atom. The first-order valence-electron chi connectivity index (χ1n) is 10.8. The van der Waals surface area contributed by atoms with Crippen molar-refractivity contribution in [2.75, 3.05) is 5.01 Å². The first kappa shape index (κ1) is 22.4. The molecule has 3 aromatic rings. The number of anilines is 1. The van der Waals surface area contributed by atoms with Crippen LogP contribution in [0, 0.1) is 11.3 Å². The minimum absolute atomic E-state index is 0.0738. The van der Waals surface area contributed by atoms with Crippen molar-refractivity contribution in [1.82, 2.24) is 25.1 Å². The number of aromatic nitrogens is 3. The van der Waals surface area contributed by atoms with Gasteiger partial charge in [-0.05, 0) is 31.0 Å². The van der Waals surface area contributed by atoms with Gasteiger partial charge in [0.25, 0.3) is 11.5 Å². The molecule has 1 aliphatic carbocycles. The number of nitrogens with zero attached hydrogens (tertiary/aromatic N) is 5. The number of amides is 3. The summed E-state index contributed by atoms with van der Waals surface area (Å²) >= 11 is 13.2. The number of urea groups is 1. The predicted octanol–water partition coefficient (Wildman–Crippen LogP) is 3.45. The number of nitriles is 1. The van der Waals surface area contributed by atoms with Crippen LogP contribution in [0.1, 0.15) is 38.1 Å². The fourth-order valence-corrected chi connectivity index (χ4v) is 5.21. The number of hydrogen-bond acceptors (Lipinski definition) is 6. The zero-order valence-electron chi connectivity index (χ0n) is 17.8. The molecule has 0 radical (unpaired) electrons. The van der Waals surface area contributed by atoms with Crippen LogP contribution >= 0.6 is 23.2 Å². The lowest BCUT2D eigenvalue weighted by Crippen LogP contribution is -2.64. The summed E-state index contributed by atoms with van der Waals surface area (Å²) in [7, 11) is 0. The average Bonchev–Trinajstić information content (AvgIpc) is 3.22. The van der Waals surface area contributed by atoms with Crippen molar-refractivity contribution in [3.05, 3.63) is 50.9 Å². The van der Waals surface area contributed by atoms with Crippen molar-refractivity contribution in [2.45, 2.75) is 44.2 Å². The molecule has 1 saturated heterocycles. The molecular weight excluding hydrogens is 481 g/mol. The van der Waals surface area contributed by atoms with Crippen LogP contribution in [0.3, 0.4) is 0 Å². The number of pyridine rings is 1. The van der Waals surface area contributed by atoms with Crippen LogP contribution in [0.2, 0.25) is 10.0 Å². The van der Waals surface area contributed by atoms with E-state index in [1.807, 2.05) is 0 Å². The highest BCUT2D eigenvalue weighted by Crippen LogP contribution is 2.36. The Morgan fingerprint density at radius 3 is 2.41 bits per heavy atom. The maximum atomic E-state index is 12.7. The topological polar surface area (TPSA) is 125 Å². The van der Waals surface area contributed by atoms with Crippen LogP contribution in [-0.2, 0) is 4.79 Å². The second-order valence-corrected chi connectivity index (χ2v) is 9.05. The largest absolute Gasteiger partial charge is 0.343 e. The molecule has 2 N–H and O–H groups in total. The van der Waals surface area contributed by atoms with E-state index in [1.165, 1.54) is 24.6 Å². The summed E-state index contributed by atoms with van der Waals surface area (Å²) < 4.78 is 3.36. The number of carbonyl (C=O) groups excluding carboxylic acids is 2. The summed E-state index contributed by atoms with van der Waals surface area (Å²) in [6, 6.07) is 6.04. The molecule has 5 rings (SSSR count). The first-order chi connectivity index (χ1) is 16.4. The van der Waals surface area contributed by atoms with Crippen molar-refractivity contribution in [3.8, 4) is 11.8 Å². The zero-order valence-corrected chi connectivity index (χ0v) is 19.3. The van der Waals surface area contributed by atoms with Crippen LogP contribution < -0.4 is 21.3 Å². The summed E-state index contributed by atoms with van der Waals surface area (Å²) in [5.41, 5.74) is 4.45. The molecule has 1 aliphatic heterocycles. The maximum Gasteiger partial charge on any atom is 0.343 e. The molecule has 1 aromatic carbocycles. The van der Waals surface area contributed by atoms with Gasteiger partial charge in [-0.2, -0.15) is 15.8 Å². The quantitative estimate of drug-likeness (QED) is 0.568. The minimum Gasteiger partial charge on any atom is -0.302 e. The van der Waals surface area contributed by atoms with Crippen LogP contribution in [0.4, 0.5) is 10.5 Å². The van der Waals surface area contributed by atoms with E-state index in [-0.39, 0.29) is 27.3 Å². The molecule has 0 spiro atoms. The minimum atomic E-state index is -1.25. The summed E-state index contributed by atoms with van der Waals surface area (Å²) in [5.74, 6) is -0.746. The SMILES string of the molecule is N#CC1NN(c2cc(Cl)c(-n3ncc4c3ccc(=O)n4C3CCCCC3)c(Cl)c2)C(=O)NC1=O.